The Hall–Kier alpha value is -2.50. The van der Waals surface area contributed by atoms with Crippen LogP contribution in [-0.4, -0.2) is 30.8 Å². The molecule has 0 atom stereocenters. The van der Waals surface area contributed by atoms with Crippen LogP contribution in [0.25, 0.3) is 17.2 Å². The van der Waals surface area contributed by atoms with E-state index in [0.29, 0.717) is 11.9 Å². The number of anilines is 1. The molecule has 0 aromatic carbocycles. The van der Waals surface area contributed by atoms with Gasteiger partial charge in [-0.3, -0.25) is 4.98 Å². The zero-order chi connectivity index (χ0) is 12.7. The van der Waals surface area contributed by atoms with E-state index < -0.39 is 0 Å². The first-order valence-electron chi connectivity index (χ1n) is 6.30. The molecule has 4 rings (SSSR count). The first-order valence-corrected chi connectivity index (χ1v) is 6.30. The average Bonchev–Trinajstić information content (AvgIpc) is 3.17. The number of nitrogens with zero attached hydrogens (tertiary/aromatic N) is 5. The molecule has 6 heteroatoms. The van der Waals surface area contributed by atoms with Gasteiger partial charge in [0.05, 0.1) is 0 Å². The van der Waals surface area contributed by atoms with E-state index in [0.717, 1.165) is 17.2 Å². The van der Waals surface area contributed by atoms with Gasteiger partial charge in [-0.2, -0.15) is 4.52 Å². The smallest absolute Gasteiger partial charge is 0.203 e. The summed E-state index contributed by atoms with van der Waals surface area (Å²) in [5.74, 6) is 1.52. The van der Waals surface area contributed by atoms with E-state index >= 15 is 0 Å². The first-order chi connectivity index (χ1) is 9.40. The minimum absolute atomic E-state index is 0.569. The third-order valence-electron chi connectivity index (χ3n) is 3.09. The molecule has 19 heavy (non-hydrogen) atoms. The molecule has 0 aliphatic heterocycles. The average molecular weight is 252 g/mol. The lowest BCUT2D eigenvalue weighted by Crippen LogP contribution is -2.06. The fraction of sp³-hybridized carbons (Fsp3) is 0.231. The monoisotopic (exact) mass is 252 g/mol. The third kappa shape index (κ3) is 1.91. The summed E-state index contributed by atoms with van der Waals surface area (Å²) in [6, 6.07) is 10.1. The number of nitrogens with one attached hydrogen (secondary N) is 1. The molecule has 1 aliphatic rings. The van der Waals surface area contributed by atoms with Gasteiger partial charge in [-0.05, 0) is 37.1 Å². The summed E-state index contributed by atoms with van der Waals surface area (Å²) in [6.07, 6.45) is 4.17. The van der Waals surface area contributed by atoms with Crippen LogP contribution in [0, 0.1) is 0 Å². The van der Waals surface area contributed by atoms with Gasteiger partial charge >= 0.3 is 0 Å². The highest BCUT2D eigenvalue weighted by Gasteiger charge is 2.21. The van der Waals surface area contributed by atoms with Crippen LogP contribution in [0.2, 0.25) is 0 Å². The maximum Gasteiger partial charge on any atom is 0.203 e. The van der Waals surface area contributed by atoms with E-state index in [1.54, 1.807) is 10.7 Å². The number of aromatic nitrogens is 5. The van der Waals surface area contributed by atoms with Crippen molar-refractivity contribution in [3.8, 4) is 11.5 Å². The van der Waals surface area contributed by atoms with Gasteiger partial charge in [-0.15, -0.1) is 15.3 Å². The summed E-state index contributed by atoms with van der Waals surface area (Å²) in [5, 5.41) is 16.2. The highest BCUT2D eigenvalue weighted by atomic mass is 15.4. The lowest BCUT2D eigenvalue weighted by Gasteiger charge is -2.04. The second-order valence-electron chi connectivity index (χ2n) is 4.65. The molecule has 1 N–H and O–H groups in total. The van der Waals surface area contributed by atoms with Crippen LogP contribution < -0.4 is 5.32 Å². The Morgan fingerprint density at radius 3 is 2.84 bits per heavy atom. The minimum atomic E-state index is 0.569. The molecular formula is C13H12N6. The van der Waals surface area contributed by atoms with Gasteiger partial charge in [0, 0.05) is 12.2 Å². The summed E-state index contributed by atoms with van der Waals surface area (Å²) >= 11 is 0. The largest absolute Gasteiger partial charge is 0.366 e. The highest BCUT2D eigenvalue weighted by molar-refractivity contribution is 5.55. The van der Waals surface area contributed by atoms with E-state index in [9.17, 15) is 0 Å². The predicted octanol–water partition coefficient (Wildman–Crippen LogP) is 1.76. The molecule has 3 aromatic heterocycles. The Labute approximate surface area is 109 Å². The van der Waals surface area contributed by atoms with Crippen LogP contribution >= 0.6 is 0 Å². The van der Waals surface area contributed by atoms with Crippen molar-refractivity contribution in [2.24, 2.45) is 0 Å². The Kier molecular flexibility index (Phi) is 2.20. The zero-order valence-corrected chi connectivity index (χ0v) is 10.2. The molecule has 0 spiro atoms. The van der Waals surface area contributed by atoms with E-state index in [4.69, 9.17) is 0 Å². The maximum absolute atomic E-state index is 4.53. The molecular weight excluding hydrogens is 240 g/mol. The Balaban J connectivity index is 1.82. The fourth-order valence-corrected chi connectivity index (χ4v) is 1.96. The summed E-state index contributed by atoms with van der Waals surface area (Å²) in [7, 11) is 0. The van der Waals surface area contributed by atoms with Crippen molar-refractivity contribution in [2.75, 3.05) is 5.32 Å². The predicted molar refractivity (Wildman–Crippen MR) is 70.7 cm³/mol. The highest BCUT2D eigenvalue weighted by Crippen LogP contribution is 2.24. The van der Waals surface area contributed by atoms with Crippen molar-refractivity contribution in [1.82, 2.24) is 24.8 Å². The van der Waals surface area contributed by atoms with Crippen LogP contribution in [-0.2, 0) is 0 Å². The molecule has 94 valence electrons. The van der Waals surface area contributed by atoms with Gasteiger partial charge in [0.2, 0.25) is 5.82 Å². The van der Waals surface area contributed by atoms with Gasteiger partial charge < -0.3 is 5.32 Å². The number of hydrogen-bond donors (Lipinski definition) is 1. The summed E-state index contributed by atoms with van der Waals surface area (Å²) < 4.78 is 1.73. The molecule has 1 saturated carbocycles. The van der Waals surface area contributed by atoms with E-state index in [1.807, 2.05) is 30.3 Å². The second-order valence-corrected chi connectivity index (χ2v) is 4.65. The van der Waals surface area contributed by atoms with E-state index in [2.05, 4.69) is 25.6 Å². The molecule has 0 radical (unpaired) electrons. The van der Waals surface area contributed by atoms with Crippen molar-refractivity contribution in [3.05, 3.63) is 36.5 Å². The summed E-state index contributed by atoms with van der Waals surface area (Å²) in [6.45, 7) is 0. The van der Waals surface area contributed by atoms with E-state index in [-0.39, 0.29) is 0 Å². The van der Waals surface area contributed by atoms with Crippen LogP contribution in [0.3, 0.4) is 0 Å². The number of pyridine rings is 1. The molecule has 3 heterocycles. The quantitative estimate of drug-likeness (QED) is 0.769. The molecule has 0 unspecified atom stereocenters. The molecule has 0 amide bonds. The second kappa shape index (κ2) is 4.01. The van der Waals surface area contributed by atoms with Crippen molar-refractivity contribution in [2.45, 2.75) is 18.9 Å². The van der Waals surface area contributed by atoms with Gasteiger partial charge in [0.15, 0.2) is 5.65 Å². The standard InChI is InChI=1S/C13H12N6/c1-2-8-14-10(3-1)13-17-16-12-7-6-11(18-19(12)13)15-9-4-5-9/h1-3,6-9H,4-5H2,(H,15,18). The van der Waals surface area contributed by atoms with Gasteiger partial charge in [-0.25, -0.2) is 0 Å². The van der Waals surface area contributed by atoms with Crippen molar-refractivity contribution in [3.63, 3.8) is 0 Å². The van der Waals surface area contributed by atoms with Crippen molar-refractivity contribution in [1.29, 1.82) is 0 Å². The summed E-state index contributed by atoms with van der Waals surface area (Å²) in [4.78, 5) is 4.29. The molecule has 6 nitrogen and oxygen atoms in total. The van der Waals surface area contributed by atoms with Gasteiger partial charge in [0.1, 0.15) is 11.5 Å². The normalized spacial score (nSPS) is 14.7. The van der Waals surface area contributed by atoms with Crippen LogP contribution in [0.5, 0.6) is 0 Å². The molecule has 0 saturated heterocycles. The third-order valence-corrected chi connectivity index (χ3v) is 3.09. The van der Waals surface area contributed by atoms with Crippen molar-refractivity contribution < 1.29 is 0 Å². The lowest BCUT2D eigenvalue weighted by atomic mass is 10.3. The molecule has 3 aromatic rings. The molecule has 0 bridgehead atoms. The lowest BCUT2D eigenvalue weighted by molar-refractivity contribution is 0.919. The summed E-state index contributed by atoms with van der Waals surface area (Å²) in [5.41, 5.74) is 1.49. The van der Waals surface area contributed by atoms with Gasteiger partial charge in [0.25, 0.3) is 0 Å². The number of hydrogen-bond acceptors (Lipinski definition) is 5. The van der Waals surface area contributed by atoms with Gasteiger partial charge in [-0.1, -0.05) is 6.07 Å². The van der Waals surface area contributed by atoms with Crippen LogP contribution in [0.4, 0.5) is 5.82 Å². The van der Waals surface area contributed by atoms with Crippen molar-refractivity contribution >= 4 is 11.5 Å². The Bertz CT molecular complexity index is 716. The topological polar surface area (TPSA) is 68.0 Å². The number of rotatable bonds is 3. The van der Waals surface area contributed by atoms with Crippen LogP contribution in [0.15, 0.2) is 36.5 Å². The minimum Gasteiger partial charge on any atom is -0.366 e. The number of fused-ring (bicyclic) bond motifs is 1. The molecule has 1 fully saturated rings. The maximum atomic E-state index is 4.53. The fourth-order valence-electron chi connectivity index (χ4n) is 1.96. The van der Waals surface area contributed by atoms with E-state index in [1.165, 1.54) is 12.8 Å². The Morgan fingerprint density at radius 1 is 1.11 bits per heavy atom. The SMILES string of the molecule is c1ccc(-c2nnc3ccc(NC4CC4)nn23)nc1. The first kappa shape index (κ1) is 10.4. The Morgan fingerprint density at radius 2 is 2.05 bits per heavy atom. The van der Waals surface area contributed by atoms with Crippen LogP contribution in [0.1, 0.15) is 12.8 Å². The zero-order valence-electron chi connectivity index (χ0n) is 10.2. The molecule has 1 aliphatic carbocycles.